The van der Waals surface area contributed by atoms with Crippen molar-refractivity contribution < 1.29 is 24.2 Å². The number of ether oxygens (including phenoxy) is 2. The Bertz CT molecular complexity index is 1430. The van der Waals surface area contributed by atoms with E-state index >= 15 is 0 Å². The molecule has 0 aliphatic rings. The molecular formula is C63H102O5. The van der Waals surface area contributed by atoms with Crippen molar-refractivity contribution in [3.63, 3.8) is 0 Å². The van der Waals surface area contributed by atoms with E-state index in [0.29, 0.717) is 19.3 Å². The lowest BCUT2D eigenvalue weighted by Gasteiger charge is -2.15. The molecule has 1 unspecified atom stereocenters. The maximum atomic E-state index is 12.3. The number of carbonyl (C=O) groups excluding carboxylic acids is 2. The fraction of sp³-hybridized carbons (Fsp3) is 0.619. The van der Waals surface area contributed by atoms with E-state index in [0.717, 1.165) is 96.3 Å². The summed E-state index contributed by atoms with van der Waals surface area (Å²) >= 11 is 0. The zero-order valence-corrected chi connectivity index (χ0v) is 43.8. The van der Waals surface area contributed by atoms with E-state index in [2.05, 4.69) is 148 Å². The molecule has 0 fully saturated rings. The summed E-state index contributed by atoms with van der Waals surface area (Å²) in [6.07, 6.45) is 85.6. The molecule has 0 rings (SSSR count). The second kappa shape index (κ2) is 57.4. The number of hydrogen-bond acceptors (Lipinski definition) is 5. The molecular weight excluding hydrogens is 837 g/mol. The van der Waals surface area contributed by atoms with Crippen LogP contribution < -0.4 is 0 Å². The van der Waals surface area contributed by atoms with Crippen LogP contribution in [0.15, 0.2) is 134 Å². The first-order chi connectivity index (χ1) is 33.6. The molecule has 0 aliphatic carbocycles. The van der Waals surface area contributed by atoms with Gasteiger partial charge in [0.25, 0.3) is 0 Å². The van der Waals surface area contributed by atoms with Crippen LogP contribution in [0.1, 0.15) is 232 Å². The zero-order chi connectivity index (χ0) is 49.2. The van der Waals surface area contributed by atoms with Crippen molar-refractivity contribution in [3.05, 3.63) is 134 Å². The topological polar surface area (TPSA) is 72.8 Å². The van der Waals surface area contributed by atoms with Crippen molar-refractivity contribution in [2.24, 2.45) is 0 Å². The van der Waals surface area contributed by atoms with E-state index in [1.807, 2.05) is 0 Å². The predicted octanol–water partition coefficient (Wildman–Crippen LogP) is 18.9. The lowest BCUT2D eigenvalue weighted by Crippen LogP contribution is -2.28. The van der Waals surface area contributed by atoms with E-state index in [9.17, 15) is 14.7 Å². The van der Waals surface area contributed by atoms with Crippen LogP contribution in [0.5, 0.6) is 0 Å². The minimum atomic E-state index is -0.806. The zero-order valence-electron chi connectivity index (χ0n) is 43.8. The van der Waals surface area contributed by atoms with Gasteiger partial charge in [-0.05, 0) is 116 Å². The van der Waals surface area contributed by atoms with Crippen LogP contribution in [0.4, 0.5) is 0 Å². The summed E-state index contributed by atoms with van der Waals surface area (Å²) in [6, 6.07) is 0. The van der Waals surface area contributed by atoms with Gasteiger partial charge in [0, 0.05) is 12.8 Å². The molecule has 1 N–H and O–H groups in total. The summed E-state index contributed by atoms with van der Waals surface area (Å²) in [5.41, 5.74) is 0. The van der Waals surface area contributed by atoms with Crippen LogP contribution in [0.3, 0.4) is 0 Å². The summed E-state index contributed by atoms with van der Waals surface area (Å²) in [5, 5.41) is 9.64. The van der Waals surface area contributed by atoms with E-state index < -0.39 is 6.10 Å². The van der Waals surface area contributed by atoms with Gasteiger partial charge >= 0.3 is 11.9 Å². The Morgan fingerprint density at radius 2 is 0.632 bits per heavy atom. The molecule has 0 radical (unpaired) electrons. The van der Waals surface area contributed by atoms with Gasteiger partial charge in [0.05, 0.1) is 6.61 Å². The van der Waals surface area contributed by atoms with Gasteiger partial charge < -0.3 is 14.6 Å². The van der Waals surface area contributed by atoms with Gasteiger partial charge in [-0.1, -0.05) is 237 Å². The first kappa shape index (κ1) is 64.0. The molecule has 68 heavy (non-hydrogen) atoms. The summed E-state index contributed by atoms with van der Waals surface area (Å²) in [7, 11) is 0. The number of rotatable bonds is 49. The summed E-state index contributed by atoms with van der Waals surface area (Å²) in [4.78, 5) is 24.5. The van der Waals surface area contributed by atoms with Crippen LogP contribution in [0.2, 0.25) is 0 Å². The number of aliphatic hydroxyl groups is 1. The smallest absolute Gasteiger partial charge is 0.306 e. The number of unbranched alkanes of at least 4 members (excludes halogenated alkanes) is 19. The van der Waals surface area contributed by atoms with E-state index in [1.165, 1.54) is 103 Å². The van der Waals surface area contributed by atoms with Crippen LogP contribution in [0.25, 0.3) is 0 Å². The third-order valence-corrected chi connectivity index (χ3v) is 11.4. The number of aliphatic hydroxyl groups excluding tert-OH is 1. The molecule has 0 spiro atoms. The van der Waals surface area contributed by atoms with Crippen LogP contribution in [0, 0.1) is 0 Å². The third kappa shape index (κ3) is 54.6. The highest BCUT2D eigenvalue weighted by Crippen LogP contribution is 2.14. The monoisotopic (exact) mass is 939 g/mol. The molecule has 0 aromatic rings. The Morgan fingerprint density at radius 3 is 1.00 bits per heavy atom. The third-order valence-electron chi connectivity index (χ3n) is 11.4. The highest BCUT2D eigenvalue weighted by molar-refractivity contribution is 5.70. The van der Waals surface area contributed by atoms with Crippen molar-refractivity contribution in [1.82, 2.24) is 0 Å². The van der Waals surface area contributed by atoms with E-state index in [1.54, 1.807) is 0 Å². The molecule has 0 heterocycles. The molecule has 0 aliphatic heterocycles. The number of carbonyl (C=O) groups is 2. The Balaban J connectivity index is 3.67. The lowest BCUT2D eigenvalue weighted by atomic mass is 10.1. The molecule has 0 bridgehead atoms. The average Bonchev–Trinajstić information content (AvgIpc) is 3.34. The summed E-state index contributed by atoms with van der Waals surface area (Å²) in [6.45, 7) is 3.99. The summed E-state index contributed by atoms with van der Waals surface area (Å²) in [5.74, 6) is -0.650. The SMILES string of the molecule is CC/C=C\C/C=C\C/C=C\C/C=C\C/C=C\C/C=C\C/C=C\C/C=C\C/C=C\C/C=C\CCCCC(=O)OC(CO)COC(=O)CCCCCCCCCCC/C=C\CCCCCCCCCC. The predicted molar refractivity (Wildman–Crippen MR) is 297 cm³/mol. The van der Waals surface area contributed by atoms with Crippen LogP contribution >= 0.6 is 0 Å². The number of hydrogen-bond donors (Lipinski definition) is 1. The highest BCUT2D eigenvalue weighted by Gasteiger charge is 2.16. The Morgan fingerprint density at radius 1 is 0.353 bits per heavy atom. The van der Waals surface area contributed by atoms with Crippen LogP contribution in [-0.4, -0.2) is 36.4 Å². The maximum absolute atomic E-state index is 12.3. The molecule has 0 aromatic heterocycles. The van der Waals surface area contributed by atoms with Crippen molar-refractivity contribution in [2.45, 2.75) is 238 Å². The van der Waals surface area contributed by atoms with Crippen molar-refractivity contribution in [2.75, 3.05) is 13.2 Å². The minimum absolute atomic E-state index is 0.0923. The Hall–Kier alpha value is -3.96. The maximum Gasteiger partial charge on any atom is 0.306 e. The first-order valence-corrected chi connectivity index (χ1v) is 27.7. The van der Waals surface area contributed by atoms with Gasteiger partial charge in [-0.15, -0.1) is 0 Å². The van der Waals surface area contributed by atoms with Crippen LogP contribution in [-0.2, 0) is 19.1 Å². The molecule has 5 nitrogen and oxygen atoms in total. The van der Waals surface area contributed by atoms with E-state index in [4.69, 9.17) is 9.47 Å². The highest BCUT2D eigenvalue weighted by atomic mass is 16.6. The molecule has 0 amide bonds. The molecule has 384 valence electrons. The minimum Gasteiger partial charge on any atom is -0.462 e. The lowest BCUT2D eigenvalue weighted by molar-refractivity contribution is -0.161. The Kier molecular flexibility index (Phi) is 54.0. The quantitative estimate of drug-likeness (QED) is 0.0374. The first-order valence-electron chi connectivity index (χ1n) is 27.7. The second-order valence-corrected chi connectivity index (χ2v) is 17.9. The van der Waals surface area contributed by atoms with Gasteiger partial charge in [0.1, 0.15) is 6.61 Å². The Labute approximate surface area is 419 Å². The number of allylic oxidation sites excluding steroid dienone is 22. The standard InChI is InChI=1S/C63H102O5/c1-3-5-7-9-11-13-15-17-19-21-23-25-26-27-28-29-30-31-32-33-34-35-36-38-40-42-44-46-48-50-52-54-56-58-63(66)68-61(59-64)60-67-62(65)57-55-53-51-49-47-45-43-41-39-37-24-22-20-18-16-14-12-10-8-6-4-2/h5,7,11,13,17,19,22-25,27-28,30-31,33-34,36,38,42,44,48,50,61,64H,3-4,6,8-10,12,14-16,18,20-21,26,29,32,35,37,39-41,43,45-47,49,51-60H2,1-2H3/b7-5-,13-11-,19-17-,24-22-,25-23-,28-27-,31-30-,34-33-,38-36-,44-42-,50-48-. The van der Waals surface area contributed by atoms with Crippen molar-refractivity contribution in [3.8, 4) is 0 Å². The molecule has 0 aromatic carbocycles. The fourth-order valence-corrected chi connectivity index (χ4v) is 7.28. The van der Waals surface area contributed by atoms with Gasteiger partial charge in [-0.2, -0.15) is 0 Å². The number of esters is 2. The normalized spacial score (nSPS) is 13.3. The summed E-state index contributed by atoms with van der Waals surface area (Å²) < 4.78 is 10.7. The van der Waals surface area contributed by atoms with Gasteiger partial charge in [0.2, 0.25) is 0 Å². The molecule has 5 heteroatoms. The van der Waals surface area contributed by atoms with Gasteiger partial charge in [-0.3, -0.25) is 9.59 Å². The molecule has 0 saturated carbocycles. The molecule has 0 saturated heterocycles. The van der Waals surface area contributed by atoms with Gasteiger partial charge in [-0.25, -0.2) is 0 Å². The van der Waals surface area contributed by atoms with E-state index in [-0.39, 0.29) is 25.2 Å². The molecule has 1 atom stereocenters. The largest absolute Gasteiger partial charge is 0.462 e. The van der Waals surface area contributed by atoms with Crippen molar-refractivity contribution in [1.29, 1.82) is 0 Å². The van der Waals surface area contributed by atoms with Gasteiger partial charge in [0.15, 0.2) is 6.10 Å². The second-order valence-electron chi connectivity index (χ2n) is 17.9. The van der Waals surface area contributed by atoms with Crippen molar-refractivity contribution >= 4 is 11.9 Å². The average molecular weight is 940 g/mol. The fourth-order valence-electron chi connectivity index (χ4n) is 7.28.